The van der Waals surface area contributed by atoms with E-state index < -0.39 is 40.1 Å². The van der Waals surface area contributed by atoms with Crippen LogP contribution < -0.4 is 11.5 Å². The summed E-state index contributed by atoms with van der Waals surface area (Å²) in [5, 5.41) is 10.3. The zero-order valence-electron chi connectivity index (χ0n) is 24.9. The van der Waals surface area contributed by atoms with Gasteiger partial charge >= 0.3 is 6.09 Å². The Balaban J connectivity index is 2.22. The molecule has 12 heteroatoms. The third-order valence-corrected chi connectivity index (χ3v) is 10.0. The molecule has 0 fully saturated rings. The molecule has 42 heavy (non-hydrogen) atoms. The molecule has 0 bridgehead atoms. The maximum Gasteiger partial charge on any atom is 0.416 e. The zero-order valence-corrected chi connectivity index (χ0v) is 27.3. The number of carbonyl (C=O) groups excluding carboxylic acids is 2. The number of hydrogen-bond acceptors (Lipinski definition) is 8. The molecule has 2 rings (SSSR count). The highest BCUT2D eigenvalue weighted by atomic mass is 79.9. The Hall–Kier alpha value is -2.51. The molecule has 234 valence electrons. The number of aliphatic hydroxyl groups is 1. The van der Waals surface area contributed by atoms with Gasteiger partial charge in [-0.25, -0.2) is 18.1 Å². The summed E-state index contributed by atoms with van der Waals surface area (Å²) in [7, 11) is -2.70. The number of amides is 2. The highest BCUT2D eigenvalue weighted by Crippen LogP contribution is 2.25. The lowest BCUT2D eigenvalue weighted by atomic mass is 10.0. The minimum Gasteiger partial charge on any atom is -0.452 e. The molecule has 0 aliphatic heterocycles. The molecule has 0 unspecified atom stereocenters. The first-order valence-corrected chi connectivity index (χ1v) is 16.5. The van der Waals surface area contributed by atoms with E-state index >= 15 is 0 Å². The van der Waals surface area contributed by atoms with E-state index in [9.17, 15) is 23.1 Å². The fourth-order valence-corrected chi connectivity index (χ4v) is 6.88. The number of ether oxygens (including phenoxy) is 1. The van der Waals surface area contributed by atoms with Crippen LogP contribution in [-0.2, 0) is 26.0 Å². The van der Waals surface area contributed by atoms with Crippen molar-refractivity contribution in [2.24, 2.45) is 11.7 Å². The van der Waals surface area contributed by atoms with Gasteiger partial charge in [-0.1, -0.05) is 54.9 Å². The number of hydrogen-bond donors (Lipinski definition) is 3. The van der Waals surface area contributed by atoms with Crippen LogP contribution >= 0.6 is 15.9 Å². The molecule has 2 aromatic carbocycles. The number of aliphatic hydroxyl groups excluding tert-OH is 1. The van der Waals surface area contributed by atoms with E-state index in [1.54, 1.807) is 0 Å². The Kier molecular flexibility index (Phi) is 14.4. The van der Waals surface area contributed by atoms with Crippen LogP contribution in [-0.4, -0.2) is 73.1 Å². The van der Waals surface area contributed by atoms with Crippen molar-refractivity contribution < 1.29 is 27.9 Å². The Morgan fingerprint density at radius 2 is 1.64 bits per heavy atom. The highest BCUT2D eigenvalue weighted by molar-refractivity contribution is 9.10. The van der Waals surface area contributed by atoms with Crippen molar-refractivity contribution in [1.29, 1.82) is 0 Å². The molecule has 0 heterocycles. The van der Waals surface area contributed by atoms with Crippen LogP contribution in [0.1, 0.15) is 58.4 Å². The van der Waals surface area contributed by atoms with Gasteiger partial charge in [-0.05, 0) is 80.3 Å². The number of methoxy groups -OCH3 is 1. The summed E-state index contributed by atoms with van der Waals surface area (Å²) in [4.78, 5) is 27.4. The van der Waals surface area contributed by atoms with Gasteiger partial charge in [0.05, 0.1) is 24.7 Å². The molecule has 0 aromatic heterocycles. The van der Waals surface area contributed by atoms with Gasteiger partial charge in [0.2, 0.25) is 15.9 Å². The lowest BCUT2D eigenvalue weighted by Gasteiger charge is -2.32. The average Bonchev–Trinajstić information content (AvgIpc) is 2.96. The van der Waals surface area contributed by atoms with E-state index in [2.05, 4.69) is 15.9 Å². The second kappa shape index (κ2) is 17.0. The average molecular weight is 670 g/mol. The number of benzene rings is 2. The number of nitrogen functional groups attached to an aromatic ring is 1. The van der Waals surface area contributed by atoms with Gasteiger partial charge in [0.25, 0.3) is 0 Å². The Bertz CT molecular complexity index is 1260. The summed E-state index contributed by atoms with van der Waals surface area (Å²) >= 11 is 3.47. The minimum absolute atomic E-state index is 0.104. The fraction of sp³-hybridized carbons (Fsp3) is 0.533. The topological polar surface area (TPSA) is 156 Å². The van der Waals surface area contributed by atoms with Crippen molar-refractivity contribution in [2.75, 3.05) is 26.0 Å². The van der Waals surface area contributed by atoms with Crippen molar-refractivity contribution in [3.05, 3.63) is 58.6 Å². The SMILES string of the molecule is CC[C@@H](CCC[C@@H](CO)N(CCC(C)C)S(=O)(=O)c1ccc(N)cc1)N(C(=O)OC)C(=O)[C@@H](N)Cc1ccccc1Br. The molecular formula is C30H45BrN4O6S. The van der Waals surface area contributed by atoms with Crippen LogP contribution in [0.2, 0.25) is 0 Å². The van der Waals surface area contributed by atoms with Crippen LogP contribution in [0.5, 0.6) is 0 Å². The molecule has 0 radical (unpaired) electrons. The van der Waals surface area contributed by atoms with Crippen LogP contribution in [0.15, 0.2) is 57.9 Å². The second-order valence-electron chi connectivity index (χ2n) is 10.8. The predicted molar refractivity (Wildman–Crippen MR) is 168 cm³/mol. The summed E-state index contributed by atoms with van der Waals surface area (Å²) in [6.45, 7) is 5.74. The molecule has 5 N–H and O–H groups in total. The third kappa shape index (κ3) is 9.77. The Morgan fingerprint density at radius 1 is 1.02 bits per heavy atom. The monoisotopic (exact) mass is 668 g/mol. The zero-order chi connectivity index (χ0) is 31.4. The van der Waals surface area contributed by atoms with Crippen molar-refractivity contribution in [2.45, 2.75) is 82.3 Å². The third-order valence-electron chi connectivity index (χ3n) is 7.27. The summed E-state index contributed by atoms with van der Waals surface area (Å²) in [5.41, 5.74) is 13.3. The van der Waals surface area contributed by atoms with Gasteiger partial charge in [-0.2, -0.15) is 4.31 Å². The van der Waals surface area contributed by atoms with Crippen LogP contribution in [0.25, 0.3) is 0 Å². The first-order valence-electron chi connectivity index (χ1n) is 14.2. The maximum atomic E-state index is 13.6. The van der Waals surface area contributed by atoms with Crippen molar-refractivity contribution in [1.82, 2.24) is 9.21 Å². The number of rotatable bonds is 16. The lowest BCUT2D eigenvalue weighted by molar-refractivity contribution is -0.133. The van der Waals surface area contributed by atoms with Gasteiger partial charge in [-0.3, -0.25) is 4.79 Å². The molecule has 0 saturated heterocycles. The van der Waals surface area contributed by atoms with E-state index in [0.29, 0.717) is 37.8 Å². The number of carbonyl (C=O) groups is 2. The normalized spacial score (nSPS) is 14.0. The standard InChI is InChI=1S/C30H45BrN4O6S/c1-5-24(35(30(38)41-4)29(37)28(33)19-22-9-6-7-12-27(22)31)10-8-11-25(20-36)34(18-17-21(2)3)42(39,40)26-15-13-23(32)14-16-26/h6-7,9,12-16,21,24-25,28,36H,5,8,10-11,17-20,32-33H2,1-4H3/t24-,25-,28-/m0/s1. The van der Waals surface area contributed by atoms with Gasteiger partial charge < -0.3 is 21.3 Å². The van der Waals surface area contributed by atoms with E-state index in [4.69, 9.17) is 16.2 Å². The first kappa shape index (κ1) is 35.7. The smallest absolute Gasteiger partial charge is 0.416 e. The van der Waals surface area contributed by atoms with Gasteiger partial charge in [0, 0.05) is 28.8 Å². The summed E-state index contributed by atoms with van der Waals surface area (Å²) in [5.74, 6) is -0.300. The lowest BCUT2D eigenvalue weighted by Crippen LogP contribution is -2.52. The molecular weight excluding hydrogens is 624 g/mol. The quantitative estimate of drug-likeness (QED) is 0.220. The molecule has 10 nitrogen and oxygen atoms in total. The highest BCUT2D eigenvalue weighted by Gasteiger charge is 2.35. The fourth-order valence-electron chi connectivity index (χ4n) is 4.78. The van der Waals surface area contributed by atoms with Crippen molar-refractivity contribution in [3.8, 4) is 0 Å². The molecule has 2 aromatic rings. The van der Waals surface area contributed by atoms with E-state index in [0.717, 1.165) is 14.9 Å². The number of imide groups is 1. The van der Waals surface area contributed by atoms with Crippen molar-refractivity contribution in [3.63, 3.8) is 0 Å². The second-order valence-corrected chi connectivity index (χ2v) is 13.5. The number of halogens is 1. The van der Waals surface area contributed by atoms with Gasteiger partial charge in [0.15, 0.2) is 0 Å². The van der Waals surface area contributed by atoms with Crippen LogP contribution in [0, 0.1) is 5.92 Å². The number of nitrogens with two attached hydrogens (primary N) is 2. The molecule has 2 amide bonds. The number of anilines is 1. The minimum atomic E-state index is -3.91. The molecule has 0 spiro atoms. The summed E-state index contributed by atoms with van der Waals surface area (Å²) in [6.07, 6.45) is 1.65. The van der Waals surface area contributed by atoms with Gasteiger partial charge in [-0.15, -0.1) is 0 Å². The Morgan fingerprint density at radius 3 is 2.19 bits per heavy atom. The van der Waals surface area contributed by atoms with E-state index in [1.807, 2.05) is 45.0 Å². The van der Waals surface area contributed by atoms with Crippen LogP contribution in [0.4, 0.5) is 10.5 Å². The van der Waals surface area contributed by atoms with Crippen molar-refractivity contribution >= 4 is 43.6 Å². The predicted octanol–water partition coefficient (Wildman–Crippen LogP) is 4.54. The number of nitrogens with zero attached hydrogens (tertiary/aromatic N) is 2. The summed E-state index contributed by atoms with van der Waals surface area (Å²) < 4.78 is 34.4. The van der Waals surface area contributed by atoms with E-state index in [1.165, 1.54) is 35.7 Å². The number of sulfonamides is 1. The van der Waals surface area contributed by atoms with Crippen LogP contribution in [0.3, 0.4) is 0 Å². The Labute approximate surface area is 258 Å². The van der Waals surface area contributed by atoms with E-state index in [-0.39, 0.29) is 30.4 Å². The first-order chi connectivity index (χ1) is 19.9. The molecule has 0 saturated carbocycles. The van der Waals surface area contributed by atoms with Gasteiger partial charge in [0.1, 0.15) is 0 Å². The maximum absolute atomic E-state index is 13.6. The molecule has 3 atom stereocenters. The largest absolute Gasteiger partial charge is 0.452 e. The molecule has 0 aliphatic carbocycles. The summed E-state index contributed by atoms with van der Waals surface area (Å²) in [6, 6.07) is 11.2. The molecule has 0 aliphatic rings.